The molecule has 0 amide bonds. The van der Waals surface area contributed by atoms with Crippen LogP contribution in [0.1, 0.15) is 15.9 Å². The van der Waals surface area contributed by atoms with Gasteiger partial charge in [-0.1, -0.05) is 24.3 Å². The van der Waals surface area contributed by atoms with Crippen LogP contribution in [0, 0.1) is 0 Å². The molecule has 1 N–H and O–H groups in total. The molecule has 0 aliphatic rings. The van der Waals surface area contributed by atoms with Crippen LogP contribution in [0.5, 0.6) is 11.5 Å². The third-order valence-electron chi connectivity index (χ3n) is 2.51. The zero-order valence-electron chi connectivity index (χ0n) is 10.0. The topological polar surface area (TPSA) is 46.5 Å². The number of carboxylic acids is 1. The first-order valence-electron chi connectivity index (χ1n) is 5.56. The molecule has 0 aromatic heterocycles. The first-order chi connectivity index (χ1) is 9.39. The Labute approximate surface area is 112 Å². The number of halogens is 3. The molecule has 2 aromatic carbocycles. The van der Waals surface area contributed by atoms with Crippen molar-refractivity contribution in [3.05, 3.63) is 59.7 Å². The second-order valence-corrected chi connectivity index (χ2v) is 3.90. The molecule has 0 heterocycles. The van der Waals surface area contributed by atoms with Crippen LogP contribution in [0.3, 0.4) is 0 Å². The Hall–Kier alpha value is -2.50. The minimum Gasteiger partial charge on any atom is -0.478 e. The van der Waals surface area contributed by atoms with E-state index < -0.39 is 29.0 Å². The average Bonchev–Trinajstić information content (AvgIpc) is 2.38. The molecule has 0 spiro atoms. The lowest BCUT2D eigenvalue weighted by Crippen LogP contribution is -2.11. The van der Waals surface area contributed by atoms with E-state index in [1.807, 2.05) is 0 Å². The maximum atomic E-state index is 12.9. The summed E-state index contributed by atoms with van der Waals surface area (Å²) in [6, 6.07) is 10.6. The lowest BCUT2D eigenvalue weighted by Gasteiger charge is -2.15. The van der Waals surface area contributed by atoms with Gasteiger partial charge in [0.15, 0.2) is 5.75 Å². The number of carbonyl (C=O) groups is 1. The molecule has 0 aliphatic heterocycles. The summed E-state index contributed by atoms with van der Waals surface area (Å²) >= 11 is 0. The van der Waals surface area contributed by atoms with E-state index in [-0.39, 0.29) is 5.75 Å². The van der Waals surface area contributed by atoms with Gasteiger partial charge in [0.25, 0.3) is 0 Å². The lowest BCUT2D eigenvalue weighted by molar-refractivity contribution is -0.138. The van der Waals surface area contributed by atoms with E-state index in [9.17, 15) is 18.0 Å². The molecule has 0 bridgehead atoms. The van der Waals surface area contributed by atoms with Crippen LogP contribution < -0.4 is 4.74 Å². The molecule has 2 rings (SSSR count). The predicted octanol–water partition coefficient (Wildman–Crippen LogP) is 4.20. The predicted molar refractivity (Wildman–Crippen MR) is 64.9 cm³/mol. The van der Waals surface area contributed by atoms with Crippen LogP contribution in [0.2, 0.25) is 0 Å². The minimum atomic E-state index is -4.70. The number of alkyl halides is 3. The molecule has 0 fully saturated rings. The number of hydrogen-bond donors (Lipinski definition) is 1. The molecular weight excluding hydrogens is 273 g/mol. The van der Waals surface area contributed by atoms with Gasteiger partial charge in [0.1, 0.15) is 11.3 Å². The van der Waals surface area contributed by atoms with Crippen molar-refractivity contribution in [3.63, 3.8) is 0 Å². The Morgan fingerprint density at radius 3 is 2.20 bits per heavy atom. The highest BCUT2D eigenvalue weighted by Gasteiger charge is 2.36. The van der Waals surface area contributed by atoms with Gasteiger partial charge < -0.3 is 9.84 Å². The normalized spacial score (nSPS) is 11.2. The van der Waals surface area contributed by atoms with Crippen molar-refractivity contribution in [2.24, 2.45) is 0 Å². The molecule has 0 radical (unpaired) electrons. The van der Waals surface area contributed by atoms with Gasteiger partial charge in [-0.05, 0) is 24.3 Å². The molecule has 0 unspecified atom stereocenters. The van der Waals surface area contributed by atoms with Crippen molar-refractivity contribution in [1.29, 1.82) is 0 Å². The van der Waals surface area contributed by atoms with Crippen LogP contribution in [0.15, 0.2) is 48.5 Å². The Balaban J connectivity index is 2.56. The van der Waals surface area contributed by atoms with Crippen LogP contribution in [-0.4, -0.2) is 11.1 Å². The van der Waals surface area contributed by atoms with Crippen molar-refractivity contribution in [2.45, 2.75) is 6.18 Å². The molecule has 0 aliphatic carbocycles. The average molecular weight is 282 g/mol. The number of para-hydroxylation sites is 2. The Bertz CT molecular complexity index is 621. The Morgan fingerprint density at radius 2 is 1.65 bits per heavy atom. The fourth-order valence-corrected chi connectivity index (χ4v) is 1.65. The minimum absolute atomic E-state index is 0.131. The van der Waals surface area contributed by atoms with E-state index in [4.69, 9.17) is 9.84 Å². The number of carboxylic acid groups (broad SMARTS) is 1. The summed E-state index contributed by atoms with van der Waals surface area (Å²) < 4.78 is 43.9. The number of benzene rings is 2. The van der Waals surface area contributed by atoms with Gasteiger partial charge in [-0.15, -0.1) is 0 Å². The van der Waals surface area contributed by atoms with E-state index >= 15 is 0 Å². The summed E-state index contributed by atoms with van der Waals surface area (Å²) in [5, 5.41) is 8.99. The van der Waals surface area contributed by atoms with E-state index in [1.165, 1.54) is 12.1 Å². The molecule has 104 valence electrons. The summed E-state index contributed by atoms with van der Waals surface area (Å²) in [5.41, 5.74) is -1.66. The highest BCUT2D eigenvalue weighted by atomic mass is 19.4. The first kappa shape index (κ1) is 13.9. The summed E-state index contributed by atoms with van der Waals surface area (Å²) in [5.74, 6) is -2.06. The third-order valence-corrected chi connectivity index (χ3v) is 2.51. The van der Waals surface area contributed by atoms with Crippen molar-refractivity contribution in [3.8, 4) is 11.5 Å². The van der Waals surface area contributed by atoms with E-state index in [1.54, 1.807) is 18.2 Å². The second kappa shape index (κ2) is 5.24. The highest BCUT2D eigenvalue weighted by molar-refractivity contribution is 5.91. The summed E-state index contributed by atoms with van der Waals surface area (Å²) in [6.45, 7) is 0. The SMILES string of the molecule is O=C(O)c1cccc(C(F)(F)F)c1Oc1ccccc1. The fourth-order valence-electron chi connectivity index (χ4n) is 1.65. The number of hydrogen-bond acceptors (Lipinski definition) is 2. The Kier molecular flexibility index (Phi) is 3.65. The third kappa shape index (κ3) is 2.90. The van der Waals surface area contributed by atoms with E-state index in [0.29, 0.717) is 0 Å². The monoisotopic (exact) mass is 282 g/mol. The molecule has 6 heteroatoms. The summed E-state index contributed by atoms with van der Waals surface area (Å²) in [4.78, 5) is 11.0. The maximum Gasteiger partial charge on any atom is 0.420 e. The molecule has 20 heavy (non-hydrogen) atoms. The lowest BCUT2D eigenvalue weighted by atomic mass is 10.1. The quantitative estimate of drug-likeness (QED) is 0.917. The highest BCUT2D eigenvalue weighted by Crippen LogP contribution is 2.40. The number of aromatic carboxylic acids is 1. The van der Waals surface area contributed by atoms with Gasteiger partial charge >= 0.3 is 12.1 Å². The molecule has 2 aromatic rings. The van der Waals surface area contributed by atoms with E-state index in [2.05, 4.69) is 0 Å². The van der Waals surface area contributed by atoms with Gasteiger partial charge in [-0.2, -0.15) is 13.2 Å². The van der Waals surface area contributed by atoms with E-state index in [0.717, 1.165) is 18.2 Å². The van der Waals surface area contributed by atoms with Gasteiger partial charge in [-0.3, -0.25) is 0 Å². The summed E-state index contributed by atoms with van der Waals surface area (Å²) in [6.07, 6.45) is -4.70. The fraction of sp³-hybridized carbons (Fsp3) is 0.0714. The molecule has 3 nitrogen and oxygen atoms in total. The van der Waals surface area contributed by atoms with Crippen LogP contribution in [-0.2, 0) is 6.18 Å². The molecule has 0 saturated heterocycles. The first-order valence-corrected chi connectivity index (χ1v) is 5.56. The number of ether oxygens (including phenoxy) is 1. The second-order valence-electron chi connectivity index (χ2n) is 3.90. The van der Waals surface area contributed by atoms with Crippen molar-refractivity contribution in [1.82, 2.24) is 0 Å². The molecule has 0 atom stereocenters. The molecule has 0 saturated carbocycles. The van der Waals surface area contributed by atoms with Gasteiger partial charge in [0, 0.05) is 0 Å². The number of rotatable bonds is 3. The Morgan fingerprint density at radius 1 is 1.00 bits per heavy atom. The van der Waals surface area contributed by atoms with Crippen molar-refractivity contribution in [2.75, 3.05) is 0 Å². The zero-order chi connectivity index (χ0) is 14.8. The summed E-state index contributed by atoms with van der Waals surface area (Å²) in [7, 11) is 0. The standard InChI is InChI=1S/C14H9F3O3/c15-14(16,17)11-8-4-7-10(13(18)19)12(11)20-9-5-2-1-3-6-9/h1-8H,(H,18,19). The van der Waals surface area contributed by atoms with Crippen LogP contribution in [0.4, 0.5) is 13.2 Å². The van der Waals surface area contributed by atoms with Crippen molar-refractivity contribution < 1.29 is 27.8 Å². The zero-order valence-corrected chi connectivity index (χ0v) is 10.0. The molecular formula is C14H9F3O3. The maximum absolute atomic E-state index is 12.9. The van der Waals surface area contributed by atoms with Gasteiger partial charge in [0.05, 0.1) is 5.56 Å². The van der Waals surface area contributed by atoms with Crippen molar-refractivity contribution >= 4 is 5.97 Å². The largest absolute Gasteiger partial charge is 0.478 e. The smallest absolute Gasteiger partial charge is 0.420 e. The van der Waals surface area contributed by atoms with Gasteiger partial charge in [0.2, 0.25) is 0 Å². The van der Waals surface area contributed by atoms with Gasteiger partial charge in [-0.25, -0.2) is 4.79 Å². The van der Waals surface area contributed by atoms with Crippen LogP contribution >= 0.6 is 0 Å². The van der Waals surface area contributed by atoms with Crippen LogP contribution in [0.25, 0.3) is 0 Å².